The summed E-state index contributed by atoms with van der Waals surface area (Å²) in [6, 6.07) is 13.7. The Morgan fingerprint density at radius 1 is 1.09 bits per heavy atom. The molecule has 2 aliphatic heterocycles. The maximum Gasteiger partial charge on any atom is 0.344 e. The van der Waals surface area contributed by atoms with E-state index in [0.29, 0.717) is 43.7 Å². The van der Waals surface area contributed by atoms with Crippen LogP contribution in [0, 0.1) is 5.92 Å². The molecule has 178 valence electrons. The van der Waals surface area contributed by atoms with Crippen molar-refractivity contribution >= 4 is 29.6 Å². The summed E-state index contributed by atoms with van der Waals surface area (Å²) < 4.78 is 0. The monoisotopic (exact) mass is 464 g/mol. The average Bonchev–Trinajstić information content (AvgIpc) is 3.10. The van der Waals surface area contributed by atoms with Gasteiger partial charge in [-0.2, -0.15) is 5.01 Å². The Hall–Kier alpha value is -3.79. The second-order valence-electron chi connectivity index (χ2n) is 8.49. The second-order valence-corrected chi connectivity index (χ2v) is 8.49. The van der Waals surface area contributed by atoms with E-state index in [1.54, 1.807) is 48.7 Å². The molecule has 5 amide bonds. The van der Waals surface area contributed by atoms with Crippen LogP contribution in [0.3, 0.4) is 0 Å². The molecule has 2 aliphatic rings. The molecule has 4 rings (SSSR count). The number of likely N-dealkylation sites (tertiary alicyclic amines) is 1. The van der Waals surface area contributed by atoms with E-state index in [1.165, 1.54) is 0 Å². The van der Waals surface area contributed by atoms with Crippen LogP contribution in [0.1, 0.15) is 31.7 Å². The zero-order chi connectivity index (χ0) is 24.1. The maximum atomic E-state index is 13.1. The Labute approximate surface area is 197 Å². The first kappa shape index (κ1) is 23.4. The van der Waals surface area contributed by atoms with E-state index in [0.717, 1.165) is 5.01 Å². The summed E-state index contributed by atoms with van der Waals surface area (Å²) in [4.78, 5) is 56.8. The number of carbonyl (C=O) groups excluding carboxylic acids is 4. The first-order valence-electron chi connectivity index (χ1n) is 11.4. The molecule has 0 radical (unpaired) electrons. The molecule has 10 nitrogen and oxygen atoms in total. The summed E-state index contributed by atoms with van der Waals surface area (Å²) in [6.45, 7) is 2.94. The number of hydrazine groups is 1. The molecule has 1 aromatic heterocycles. The smallest absolute Gasteiger partial charge is 0.318 e. The minimum absolute atomic E-state index is 0.0239. The Bertz CT molecular complexity index is 1060. The molecule has 1 atom stereocenters. The fourth-order valence-electron chi connectivity index (χ4n) is 4.42. The molecule has 1 unspecified atom stereocenters. The summed E-state index contributed by atoms with van der Waals surface area (Å²) in [5, 5.41) is 6.33. The summed E-state index contributed by atoms with van der Waals surface area (Å²) >= 11 is 0. The number of urea groups is 1. The molecule has 0 aliphatic carbocycles. The third-order valence-corrected chi connectivity index (χ3v) is 6.37. The molecular formula is C24H28N6O4. The van der Waals surface area contributed by atoms with Gasteiger partial charge >= 0.3 is 6.03 Å². The van der Waals surface area contributed by atoms with Gasteiger partial charge in [-0.25, -0.2) is 9.78 Å². The van der Waals surface area contributed by atoms with Crippen LogP contribution in [0.4, 0.5) is 10.6 Å². The van der Waals surface area contributed by atoms with Crippen LogP contribution in [0.25, 0.3) is 0 Å². The molecule has 0 spiro atoms. The van der Waals surface area contributed by atoms with Gasteiger partial charge in [-0.3, -0.25) is 24.7 Å². The van der Waals surface area contributed by atoms with Gasteiger partial charge in [-0.05, 0) is 50.0 Å². The summed E-state index contributed by atoms with van der Waals surface area (Å²) in [6.07, 6.45) is 3.17. The lowest BCUT2D eigenvalue weighted by atomic mass is 9.87. The van der Waals surface area contributed by atoms with E-state index in [9.17, 15) is 19.2 Å². The van der Waals surface area contributed by atoms with Gasteiger partial charge in [0.2, 0.25) is 5.91 Å². The van der Waals surface area contributed by atoms with Crippen molar-refractivity contribution in [1.82, 2.24) is 25.6 Å². The van der Waals surface area contributed by atoms with E-state index in [2.05, 4.69) is 21.0 Å². The van der Waals surface area contributed by atoms with E-state index in [1.807, 2.05) is 17.9 Å². The lowest BCUT2D eigenvalue weighted by molar-refractivity contribution is -0.140. The SMILES string of the molecule is CCC1(c2ccccc2)NC(=O)N(NC(=O)CN2CCC(C(=O)Nc3ccccn3)CC2)C1=O. The van der Waals surface area contributed by atoms with E-state index in [4.69, 9.17) is 0 Å². The minimum Gasteiger partial charge on any atom is -0.318 e. The molecule has 34 heavy (non-hydrogen) atoms. The lowest BCUT2D eigenvalue weighted by Crippen LogP contribution is -2.52. The fourth-order valence-corrected chi connectivity index (χ4v) is 4.42. The maximum absolute atomic E-state index is 13.1. The summed E-state index contributed by atoms with van der Waals surface area (Å²) in [7, 11) is 0. The van der Waals surface area contributed by atoms with Gasteiger partial charge in [0.25, 0.3) is 11.8 Å². The van der Waals surface area contributed by atoms with Gasteiger partial charge in [-0.15, -0.1) is 0 Å². The molecule has 0 bridgehead atoms. The predicted octanol–water partition coefficient (Wildman–Crippen LogP) is 1.62. The van der Waals surface area contributed by atoms with Crippen LogP contribution >= 0.6 is 0 Å². The highest BCUT2D eigenvalue weighted by Crippen LogP contribution is 2.31. The summed E-state index contributed by atoms with van der Waals surface area (Å²) in [5.41, 5.74) is 1.92. The molecular weight excluding hydrogens is 436 g/mol. The topological polar surface area (TPSA) is 124 Å². The van der Waals surface area contributed by atoms with Crippen LogP contribution in [0.2, 0.25) is 0 Å². The zero-order valence-corrected chi connectivity index (χ0v) is 19.0. The van der Waals surface area contributed by atoms with Crippen molar-refractivity contribution in [2.24, 2.45) is 5.92 Å². The average molecular weight is 465 g/mol. The highest BCUT2D eigenvalue weighted by atomic mass is 16.2. The normalized spacial score (nSPS) is 21.3. The van der Waals surface area contributed by atoms with Crippen molar-refractivity contribution in [2.45, 2.75) is 31.7 Å². The molecule has 2 aromatic rings. The van der Waals surface area contributed by atoms with Gasteiger partial charge in [0.1, 0.15) is 11.4 Å². The van der Waals surface area contributed by atoms with Crippen LogP contribution in [0.15, 0.2) is 54.7 Å². The van der Waals surface area contributed by atoms with E-state index in [-0.39, 0.29) is 18.4 Å². The standard InChI is InChI=1S/C24H28N6O4/c1-2-24(18-8-4-3-5-9-18)22(33)30(23(34)27-24)28-20(31)16-29-14-11-17(12-15-29)21(32)26-19-10-6-7-13-25-19/h3-10,13,17H,2,11-12,14-16H2,1H3,(H,27,34)(H,28,31)(H,25,26,32). The number of nitrogens with one attached hydrogen (secondary N) is 3. The summed E-state index contributed by atoms with van der Waals surface area (Å²) in [5.74, 6) is -0.701. The number of hydrogen-bond acceptors (Lipinski definition) is 6. The molecule has 2 saturated heterocycles. The quantitative estimate of drug-likeness (QED) is 0.535. The molecule has 3 N–H and O–H groups in total. The second kappa shape index (κ2) is 10.0. The van der Waals surface area contributed by atoms with Crippen molar-refractivity contribution in [3.8, 4) is 0 Å². The number of carbonyl (C=O) groups is 4. The number of hydrogen-bond donors (Lipinski definition) is 3. The van der Waals surface area contributed by atoms with Crippen LogP contribution in [0.5, 0.6) is 0 Å². The van der Waals surface area contributed by atoms with Crippen LogP contribution in [-0.4, -0.2) is 58.3 Å². The number of amides is 5. The number of rotatable bonds is 7. The number of piperidine rings is 1. The molecule has 0 saturated carbocycles. The largest absolute Gasteiger partial charge is 0.344 e. The van der Waals surface area contributed by atoms with Gasteiger partial charge in [0, 0.05) is 12.1 Å². The molecule has 1 aromatic carbocycles. The fraction of sp³-hybridized carbons (Fsp3) is 0.375. The number of pyridine rings is 1. The molecule has 3 heterocycles. The van der Waals surface area contributed by atoms with Gasteiger partial charge in [0.05, 0.1) is 6.54 Å². The highest BCUT2D eigenvalue weighted by molar-refractivity contribution is 6.08. The number of anilines is 1. The molecule has 2 fully saturated rings. The van der Waals surface area contributed by atoms with Crippen LogP contribution in [-0.2, 0) is 19.9 Å². The van der Waals surface area contributed by atoms with Gasteiger partial charge in [-0.1, -0.05) is 43.3 Å². The van der Waals surface area contributed by atoms with Crippen molar-refractivity contribution in [3.63, 3.8) is 0 Å². The highest BCUT2D eigenvalue weighted by Gasteiger charge is 2.52. The first-order valence-corrected chi connectivity index (χ1v) is 11.4. The van der Waals surface area contributed by atoms with Crippen molar-refractivity contribution in [3.05, 3.63) is 60.3 Å². The van der Waals surface area contributed by atoms with Crippen molar-refractivity contribution < 1.29 is 19.2 Å². The number of imide groups is 1. The van der Waals surface area contributed by atoms with E-state index < -0.39 is 23.4 Å². The number of nitrogens with zero attached hydrogens (tertiary/aromatic N) is 3. The third kappa shape index (κ3) is 4.76. The number of benzene rings is 1. The predicted molar refractivity (Wildman–Crippen MR) is 124 cm³/mol. The minimum atomic E-state index is -1.20. The van der Waals surface area contributed by atoms with Crippen molar-refractivity contribution in [1.29, 1.82) is 0 Å². The Morgan fingerprint density at radius 2 is 1.79 bits per heavy atom. The lowest BCUT2D eigenvalue weighted by Gasteiger charge is -2.31. The zero-order valence-electron chi connectivity index (χ0n) is 19.0. The van der Waals surface area contributed by atoms with Gasteiger partial charge < -0.3 is 10.6 Å². The van der Waals surface area contributed by atoms with Crippen molar-refractivity contribution in [2.75, 3.05) is 25.0 Å². The third-order valence-electron chi connectivity index (χ3n) is 6.37. The van der Waals surface area contributed by atoms with Crippen LogP contribution < -0.4 is 16.1 Å². The Kier molecular flexibility index (Phi) is 6.87. The van der Waals surface area contributed by atoms with Gasteiger partial charge in [0.15, 0.2) is 0 Å². The number of aromatic nitrogens is 1. The Balaban J connectivity index is 1.29. The van der Waals surface area contributed by atoms with E-state index >= 15 is 0 Å². The Morgan fingerprint density at radius 3 is 2.44 bits per heavy atom. The first-order chi connectivity index (χ1) is 16.4. The molecule has 10 heteroatoms.